The Morgan fingerprint density at radius 3 is 2.52 bits per heavy atom. The second kappa shape index (κ2) is 9.08. The van der Waals surface area contributed by atoms with Gasteiger partial charge in [0.1, 0.15) is 0 Å². The van der Waals surface area contributed by atoms with Gasteiger partial charge in [0.2, 0.25) is 0 Å². The Morgan fingerprint density at radius 2 is 1.76 bits per heavy atom. The Labute approximate surface area is 170 Å². The summed E-state index contributed by atoms with van der Waals surface area (Å²) in [6.07, 6.45) is 12.9. The minimum Gasteiger partial charge on any atom is -1.00 e. The summed E-state index contributed by atoms with van der Waals surface area (Å²) in [5.41, 5.74) is 5.79. The summed E-state index contributed by atoms with van der Waals surface area (Å²) in [6.45, 7) is 2.23. The minimum atomic E-state index is -1.94. The largest absolute Gasteiger partial charge is 1.00 e. The first-order valence-electron chi connectivity index (χ1n) is 8.23. The predicted molar refractivity (Wildman–Crippen MR) is 96.4 cm³/mol. The van der Waals surface area contributed by atoms with Crippen LogP contribution in [0.2, 0.25) is 0 Å². The smallest absolute Gasteiger partial charge is 1.00 e. The molecular formula is C22H20Cl2Zr. The molecule has 2 aromatic carbocycles. The molecule has 3 heteroatoms. The van der Waals surface area contributed by atoms with Gasteiger partial charge in [-0.15, -0.1) is 0 Å². The Balaban J connectivity index is 0.00000113. The third-order valence-corrected chi connectivity index (χ3v) is 11.9. The van der Waals surface area contributed by atoms with E-state index in [2.05, 4.69) is 89.5 Å². The second-order valence-electron chi connectivity index (χ2n) is 6.25. The molecule has 0 heterocycles. The molecule has 2 aromatic rings. The molecule has 1 atom stereocenters. The summed E-state index contributed by atoms with van der Waals surface area (Å²) < 4.78 is 5.01. The van der Waals surface area contributed by atoms with E-state index in [4.69, 9.17) is 0 Å². The molecule has 0 aliphatic heterocycles. The van der Waals surface area contributed by atoms with Gasteiger partial charge in [0.25, 0.3) is 0 Å². The summed E-state index contributed by atoms with van der Waals surface area (Å²) in [5, 5.41) is 0. The molecule has 1 unspecified atom stereocenters. The van der Waals surface area contributed by atoms with Crippen molar-refractivity contribution in [2.24, 2.45) is 0 Å². The van der Waals surface area contributed by atoms with Crippen molar-refractivity contribution in [2.45, 2.75) is 17.0 Å². The fraction of sp³-hybridized carbons (Fsp3) is 0.136. The monoisotopic (exact) mass is 444 g/mol. The van der Waals surface area contributed by atoms with Crippen LogP contribution in [-0.4, -0.2) is 3.71 Å². The molecule has 0 nitrogen and oxygen atoms in total. The van der Waals surface area contributed by atoms with E-state index in [1.165, 1.54) is 16.7 Å². The summed E-state index contributed by atoms with van der Waals surface area (Å²) in [6, 6.07) is 17.7. The van der Waals surface area contributed by atoms with Gasteiger partial charge in [-0.1, -0.05) is 0 Å². The van der Waals surface area contributed by atoms with Crippen molar-refractivity contribution in [2.75, 3.05) is 0 Å². The van der Waals surface area contributed by atoms with Crippen molar-refractivity contribution < 1.29 is 46.1 Å². The molecule has 0 saturated carbocycles. The molecule has 126 valence electrons. The topological polar surface area (TPSA) is 0 Å². The maximum atomic E-state index is 2.66. The van der Waals surface area contributed by atoms with Gasteiger partial charge in [0.05, 0.1) is 0 Å². The van der Waals surface area contributed by atoms with Crippen LogP contribution in [0.25, 0.3) is 6.08 Å². The van der Waals surface area contributed by atoms with E-state index in [1.54, 1.807) is 8.84 Å². The van der Waals surface area contributed by atoms with Crippen LogP contribution >= 0.6 is 0 Å². The first kappa shape index (κ1) is 20.3. The maximum Gasteiger partial charge on any atom is -1.00 e. The van der Waals surface area contributed by atoms with E-state index in [0.29, 0.717) is 3.63 Å². The van der Waals surface area contributed by atoms with E-state index in [9.17, 15) is 0 Å². The number of hydrogen-bond acceptors (Lipinski definition) is 0. The fourth-order valence-electron chi connectivity index (χ4n) is 3.48. The molecule has 25 heavy (non-hydrogen) atoms. The number of rotatable bonds is 3. The average Bonchev–Trinajstić information content (AvgIpc) is 3.24. The Morgan fingerprint density at radius 1 is 1.00 bits per heavy atom. The van der Waals surface area contributed by atoms with Crippen LogP contribution in [0.5, 0.6) is 0 Å². The average molecular weight is 447 g/mol. The number of hydrogen-bond donors (Lipinski definition) is 0. The van der Waals surface area contributed by atoms with E-state index in [1.807, 2.05) is 0 Å². The second-order valence-corrected chi connectivity index (χ2v) is 12.3. The van der Waals surface area contributed by atoms with E-state index < -0.39 is 21.3 Å². The number of aryl methyl sites for hydroxylation is 1. The fourth-order valence-corrected chi connectivity index (χ4v) is 10.8. The van der Waals surface area contributed by atoms with Gasteiger partial charge in [0.15, 0.2) is 0 Å². The Hall–Kier alpha value is -1.01. The Kier molecular flexibility index (Phi) is 7.38. The summed E-state index contributed by atoms with van der Waals surface area (Å²) in [5.74, 6) is 0. The molecule has 2 aliphatic carbocycles. The zero-order valence-corrected chi connectivity index (χ0v) is 18.1. The summed E-state index contributed by atoms with van der Waals surface area (Å²) >= 11 is -1.94. The van der Waals surface area contributed by atoms with Gasteiger partial charge in [0, 0.05) is 0 Å². The molecule has 0 amide bonds. The van der Waals surface area contributed by atoms with Crippen LogP contribution in [0, 0.1) is 6.92 Å². The molecule has 2 aliphatic rings. The molecule has 0 spiro atoms. The van der Waals surface area contributed by atoms with Crippen molar-refractivity contribution in [1.82, 2.24) is 0 Å². The van der Waals surface area contributed by atoms with Crippen LogP contribution in [0.1, 0.15) is 32.3 Å². The number of fused-ring (bicyclic) bond motifs is 1. The van der Waals surface area contributed by atoms with Crippen molar-refractivity contribution in [3.05, 3.63) is 98.4 Å². The van der Waals surface area contributed by atoms with Gasteiger partial charge in [-0.05, 0) is 0 Å². The number of benzene rings is 2. The van der Waals surface area contributed by atoms with Crippen molar-refractivity contribution in [3.63, 3.8) is 0 Å². The van der Waals surface area contributed by atoms with Crippen LogP contribution < -0.4 is 24.8 Å². The summed E-state index contributed by atoms with van der Waals surface area (Å²) in [4.78, 5) is 0. The molecule has 0 aromatic heterocycles. The van der Waals surface area contributed by atoms with Gasteiger partial charge in [-0.25, -0.2) is 0 Å². The molecular weight excluding hydrogens is 426 g/mol. The molecule has 0 N–H and O–H groups in total. The third kappa shape index (κ3) is 4.22. The normalized spacial score (nSPS) is 16.8. The van der Waals surface area contributed by atoms with Gasteiger partial charge < -0.3 is 24.8 Å². The van der Waals surface area contributed by atoms with Gasteiger partial charge in [-0.3, -0.25) is 0 Å². The number of halogens is 2. The zero-order chi connectivity index (χ0) is 15.6. The van der Waals surface area contributed by atoms with Crippen LogP contribution in [0.4, 0.5) is 0 Å². The Bertz CT molecular complexity index is 875. The maximum absolute atomic E-state index is 2.66. The van der Waals surface area contributed by atoms with Gasteiger partial charge >= 0.3 is 146 Å². The molecule has 0 fully saturated rings. The van der Waals surface area contributed by atoms with Crippen LogP contribution in [-0.2, 0) is 21.3 Å². The van der Waals surface area contributed by atoms with Crippen molar-refractivity contribution >= 4 is 9.78 Å². The number of allylic oxidation sites excluding steroid dienone is 5. The van der Waals surface area contributed by atoms with E-state index in [0.717, 1.165) is 6.42 Å². The van der Waals surface area contributed by atoms with E-state index >= 15 is 0 Å². The molecule has 4 rings (SSSR count). The third-order valence-electron chi connectivity index (χ3n) is 4.78. The van der Waals surface area contributed by atoms with Crippen LogP contribution in [0.3, 0.4) is 0 Å². The predicted octanol–water partition coefficient (Wildman–Crippen LogP) is -0.617. The van der Waals surface area contributed by atoms with Crippen molar-refractivity contribution in [1.29, 1.82) is 0 Å². The van der Waals surface area contributed by atoms with Crippen molar-refractivity contribution in [3.8, 4) is 0 Å². The SMILES string of the molecule is Cc1ccccc1[CH]=[Zr+2]([C]1=CC=CC1)[CH]1C=Cc2ccccc21.[Cl-].[Cl-]. The first-order valence-corrected chi connectivity index (χ1v) is 12.3. The quantitative estimate of drug-likeness (QED) is 0.590. The van der Waals surface area contributed by atoms with E-state index in [-0.39, 0.29) is 24.8 Å². The molecule has 0 bridgehead atoms. The van der Waals surface area contributed by atoms with Crippen LogP contribution in [0.15, 0.2) is 76.1 Å². The molecule has 0 radical (unpaired) electrons. The van der Waals surface area contributed by atoms with Gasteiger partial charge in [-0.2, -0.15) is 0 Å². The first-order chi connectivity index (χ1) is 11.3. The molecule has 0 saturated heterocycles. The zero-order valence-electron chi connectivity index (χ0n) is 14.1. The standard InChI is InChI=1S/C9H7.C8H8.C5H5.2ClH.Zr/c1-2-5-9-7-3-6-8(9)4-1;1-7-5-3-4-6-8(7)2;1-2-4-5-3-1;;;/h1-7H;1,3-6H,2H3;1-3H,4H2;2*1H;/q;;;;;+2/p-2. The summed E-state index contributed by atoms with van der Waals surface area (Å²) in [7, 11) is 0. The minimum absolute atomic E-state index is 0.